The Morgan fingerprint density at radius 1 is 1.07 bits per heavy atom. The highest BCUT2D eigenvalue weighted by molar-refractivity contribution is 7.92. The van der Waals surface area contributed by atoms with E-state index in [0.29, 0.717) is 5.69 Å². The fourth-order valence-corrected chi connectivity index (χ4v) is 4.81. The molecule has 2 aliphatic rings. The minimum Gasteiger partial charge on any atom is -0.395 e. The summed E-state index contributed by atoms with van der Waals surface area (Å²) in [4.78, 5) is 2.08. The maximum Gasteiger partial charge on any atom is 0.586 e. The zero-order chi connectivity index (χ0) is 21.5. The van der Waals surface area contributed by atoms with Gasteiger partial charge in [0.25, 0.3) is 10.0 Å². The quantitative estimate of drug-likeness (QED) is 0.790. The zero-order valence-corrected chi connectivity index (χ0v) is 17.5. The van der Waals surface area contributed by atoms with Gasteiger partial charge in [-0.1, -0.05) is 6.07 Å². The fraction of sp³-hybridized carbons (Fsp3) is 0.400. The number of alkyl halides is 2. The van der Waals surface area contributed by atoms with Crippen molar-refractivity contribution in [3.63, 3.8) is 0 Å². The molecule has 0 aromatic heterocycles. The van der Waals surface area contributed by atoms with Gasteiger partial charge < -0.3 is 19.7 Å². The van der Waals surface area contributed by atoms with Crippen molar-refractivity contribution in [1.29, 1.82) is 0 Å². The summed E-state index contributed by atoms with van der Waals surface area (Å²) in [7, 11) is -2.56. The van der Waals surface area contributed by atoms with E-state index in [1.165, 1.54) is 19.2 Å². The van der Waals surface area contributed by atoms with Gasteiger partial charge in [-0.05, 0) is 49.7 Å². The molecule has 0 radical (unpaired) electrons. The lowest BCUT2D eigenvalue weighted by molar-refractivity contribution is -0.286. The van der Waals surface area contributed by atoms with Crippen molar-refractivity contribution >= 4 is 21.4 Å². The number of hydrogen-bond acceptors (Lipinski definition) is 6. The number of fused-ring (bicyclic) bond motifs is 1. The Kier molecular flexibility index (Phi) is 5.23. The summed E-state index contributed by atoms with van der Waals surface area (Å²) in [6.45, 7) is 5.51. The van der Waals surface area contributed by atoms with Crippen molar-refractivity contribution in [2.45, 2.75) is 24.5 Å². The summed E-state index contributed by atoms with van der Waals surface area (Å²) in [5, 5.41) is 3.35. The minimum atomic E-state index is -4.00. The van der Waals surface area contributed by atoms with Crippen LogP contribution in [0.25, 0.3) is 0 Å². The number of benzene rings is 2. The molecular weight excluding hydrogens is 416 g/mol. The molecule has 1 saturated heterocycles. The van der Waals surface area contributed by atoms with Crippen LogP contribution in [0, 0.1) is 6.92 Å². The maximum atomic E-state index is 13.3. The zero-order valence-electron chi connectivity index (χ0n) is 16.7. The second kappa shape index (κ2) is 7.59. The van der Waals surface area contributed by atoms with Gasteiger partial charge in [0.15, 0.2) is 11.5 Å². The number of halogens is 2. The first kappa shape index (κ1) is 20.7. The molecule has 2 heterocycles. The summed E-state index contributed by atoms with van der Waals surface area (Å²) < 4.78 is 62.7. The molecule has 1 N–H and O–H groups in total. The Hall–Kier alpha value is -2.59. The maximum absolute atomic E-state index is 13.3. The molecule has 0 saturated carbocycles. The van der Waals surface area contributed by atoms with Crippen LogP contribution in [0.5, 0.6) is 11.5 Å². The third kappa shape index (κ3) is 3.89. The number of anilines is 2. The number of sulfonamides is 1. The number of hydrogen-bond donors (Lipinski definition) is 1. The van der Waals surface area contributed by atoms with Crippen molar-refractivity contribution < 1.29 is 26.7 Å². The van der Waals surface area contributed by atoms with Gasteiger partial charge in [-0.15, -0.1) is 8.78 Å². The first-order valence-corrected chi connectivity index (χ1v) is 11.1. The Morgan fingerprint density at radius 2 is 1.83 bits per heavy atom. The van der Waals surface area contributed by atoms with Crippen LogP contribution in [0.2, 0.25) is 0 Å². The average Bonchev–Trinajstić information content (AvgIpc) is 2.85. The average molecular weight is 439 g/mol. The lowest BCUT2D eigenvalue weighted by Gasteiger charge is -2.27. The Balaban J connectivity index is 1.64. The van der Waals surface area contributed by atoms with Crippen LogP contribution in [-0.4, -0.2) is 47.9 Å². The monoisotopic (exact) mass is 439 g/mol. The summed E-state index contributed by atoms with van der Waals surface area (Å²) in [6, 6.07) is 8.91. The lowest BCUT2D eigenvalue weighted by atomic mass is 10.1. The SMILES string of the molecule is Cc1ccc(N(C)S(=O)(=O)c2ccc3c(c2)OC(F)(F)O3)cc1N1CCCNCC1. The first-order valence-electron chi connectivity index (χ1n) is 9.62. The first-order chi connectivity index (χ1) is 14.2. The van der Waals surface area contributed by atoms with Crippen LogP contribution < -0.4 is 24.0 Å². The number of aryl methyl sites for hydroxylation is 1. The van der Waals surface area contributed by atoms with Crippen molar-refractivity contribution in [1.82, 2.24) is 5.32 Å². The highest BCUT2D eigenvalue weighted by Gasteiger charge is 2.44. The van der Waals surface area contributed by atoms with Crippen molar-refractivity contribution in [3.05, 3.63) is 42.0 Å². The Bertz CT molecular complexity index is 1050. The number of rotatable bonds is 4. The van der Waals surface area contributed by atoms with Gasteiger partial charge in [0.05, 0.1) is 10.6 Å². The molecule has 0 unspecified atom stereocenters. The van der Waals surface area contributed by atoms with E-state index in [4.69, 9.17) is 0 Å². The third-order valence-corrected chi connectivity index (χ3v) is 7.05. The Morgan fingerprint density at radius 3 is 2.63 bits per heavy atom. The van der Waals surface area contributed by atoms with Crippen LogP contribution >= 0.6 is 0 Å². The molecule has 0 amide bonds. The molecule has 4 rings (SSSR count). The standard InChI is InChI=1S/C20H23F2N3O4S/c1-14-4-5-15(12-17(14)25-10-3-8-23-9-11-25)24(2)30(26,27)16-6-7-18-19(13-16)29-20(21,22)28-18/h4-7,12-13,23H,3,8-11H2,1-2H3. The largest absolute Gasteiger partial charge is 0.586 e. The van der Waals surface area contributed by atoms with E-state index >= 15 is 0 Å². The van der Waals surface area contributed by atoms with Crippen molar-refractivity contribution in [2.24, 2.45) is 0 Å². The molecule has 2 aromatic rings. The fourth-order valence-electron chi connectivity index (χ4n) is 3.61. The normalized spacial score (nSPS) is 18.2. The highest BCUT2D eigenvalue weighted by Crippen LogP contribution is 2.42. The summed E-state index contributed by atoms with van der Waals surface area (Å²) in [6.07, 6.45) is -2.80. The molecule has 0 atom stereocenters. The molecule has 2 aromatic carbocycles. The van der Waals surface area contributed by atoms with Crippen molar-refractivity contribution in [3.8, 4) is 11.5 Å². The lowest BCUT2D eigenvalue weighted by Crippen LogP contribution is -2.30. The third-order valence-electron chi connectivity index (χ3n) is 5.27. The van der Waals surface area contributed by atoms with Gasteiger partial charge in [-0.3, -0.25) is 4.31 Å². The molecule has 30 heavy (non-hydrogen) atoms. The van der Waals surface area contributed by atoms with Crippen LogP contribution in [0.15, 0.2) is 41.3 Å². The highest BCUT2D eigenvalue weighted by atomic mass is 32.2. The van der Waals surface area contributed by atoms with Gasteiger partial charge in [-0.25, -0.2) is 8.42 Å². The summed E-state index contributed by atoms with van der Waals surface area (Å²) >= 11 is 0. The van der Waals surface area contributed by atoms with Gasteiger partial charge in [0, 0.05) is 38.4 Å². The molecule has 0 bridgehead atoms. The van der Waals surface area contributed by atoms with Crippen LogP contribution in [0.1, 0.15) is 12.0 Å². The second-order valence-corrected chi connectivity index (χ2v) is 9.28. The Labute approximate surface area is 174 Å². The van der Waals surface area contributed by atoms with Crippen LogP contribution in [0.3, 0.4) is 0 Å². The predicted molar refractivity (Wildman–Crippen MR) is 109 cm³/mol. The number of nitrogens with one attached hydrogen (secondary N) is 1. The minimum absolute atomic E-state index is 0.161. The number of ether oxygens (including phenoxy) is 2. The summed E-state index contributed by atoms with van der Waals surface area (Å²) in [5.41, 5.74) is 2.51. The van der Waals surface area contributed by atoms with Gasteiger partial charge >= 0.3 is 6.29 Å². The number of nitrogens with zero attached hydrogens (tertiary/aromatic N) is 2. The molecule has 10 heteroatoms. The van der Waals surface area contributed by atoms with Gasteiger partial charge in [-0.2, -0.15) is 0 Å². The van der Waals surface area contributed by atoms with E-state index in [1.54, 1.807) is 6.07 Å². The molecule has 162 valence electrons. The molecule has 1 fully saturated rings. The van der Waals surface area contributed by atoms with E-state index in [-0.39, 0.29) is 16.4 Å². The van der Waals surface area contributed by atoms with Crippen molar-refractivity contribution in [2.75, 3.05) is 42.4 Å². The van der Waals surface area contributed by atoms with Crippen LogP contribution in [0.4, 0.5) is 20.2 Å². The van der Waals surface area contributed by atoms with E-state index in [2.05, 4.69) is 19.7 Å². The van der Waals surface area contributed by atoms with Gasteiger partial charge in [0.2, 0.25) is 0 Å². The van der Waals surface area contributed by atoms with E-state index in [9.17, 15) is 17.2 Å². The smallest absolute Gasteiger partial charge is 0.395 e. The molecular formula is C20H23F2N3O4S. The van der Waals surface area contributed by atoms with Gasteiger partial charge in [0.1, 0.15) is 0 Å². The molecule has 2 aliphatic heterocycles. The molecule has 0 aliphatic carbocycles. The topological polar surface area (TPSA) is 71.1 Å². The summed E-state index contributed by atoms with van der Waals surface area (Å²) in [5.74, 6) is -0.509. The predicted octanol–water partition coefficient (Wildman–Crippen LogP) is 2.94. The molecule has 7 nitrogen and oxygen atoms in total. The van der Waals surface area contributed by atoms with E-state index in [1.807, 2.05) is 19.1 Å². The van der Waals surface area contributed by atoms with Crippen LogP contribution in [-0.2, 0) is 10.0 Å². The molecule has 0 spiro atoms. The second-order valence-electron chi connectivity index (χ2n) is 7.31. The van der Waals surface area contributed by atoms with E-state index < -0.39 is 16.3 Å². The van der Waals surface area contributed by atoms with E-state index in [0.717, 1.165) is 54.2 Å².